The van der Waals surface area contributed by atoms with Crippen molar-refractivity contribution < 1.29 is 14.3 Å². The van der Waals surface area contributed by atoms with Crippen LogP contribution in [-0.2, 0) is 17.9 Å². The van der Waals surface area contributed by atoms with Gasteiger partial charge < -0.3 is 14.8 Å². The monoisotopic (exact) mass is 466 g/mol. The minimum Gasteiger partial charge on any atom is -0.494 e. The van der Waals surface area contributed by atoms with Crippen molar-refractivity contribution in [2.24, 2.45) is 0 Å². The third-order valence-corrected chi connectivity index (χ3v) is 6.10. The molecule has 1 amide bonds. The van der Waals surface area contributed by atoms with Gasteiger partial charge in [0.15, 0.2) is 10.6 Å². The molecule has 0 unspecified atom stereocenters. The number of H-pyrrole nitrogens is 1. The second-order valence-corrected chi connectivity index (χ2v) is 8.51. The van der Waals surface area contributed by atoms with Gasteiger partial charge in [-0.05, 0) is 75.2 Å². The minimum absolute atomic E-state index is 0.0496. The number of para-hydroxylation sites is 1. The molecule has 33 heavy (non-hydrogen) atoms. The van der Waals surface area contributed by atoms with Crippen LogP contribution in [0.4, 0.5) is 0 Å². The second kappa shape index (κ2) is 11.1. The van der Waals surface area contributed by atoms with Gasteiger partial charge in [0.2, 0.25) is 5.91 Å². The third-order valence-electron chi connectivity index (χ3n) is 5.79. The number of carbonyl (C=O) groups excluding carboxylic acids is 1. The highest BCUT2D eigenvalue weighted by Crippen LogP contribution is 2.26. The zero-order valence-electron chi connectivity index (χ0n) is 18.9. The van der Waals surface area contributed by atoms with E-state index >= 15 is 0 Å². The van der Waals surface area contributed by atoms with Crippen LogP contribution in [0.25, 0.3) is 11.4 Å². The molecule has 2 aromatic carbocycles. The fourth-order valence-corrected chi connectivity index (χ4v) is 4.28. The lowest BCUT2D eigenvalue weighted by Crippen LogP contribution is -2.24. The van der Waals surface area contributed by atoms with Crippen LogP contribution in [0.15, 0.2) is 48.5 Å². The Morgan fingerprint density at radius 1 is 1.18 bits per heavy atom. The number of ether oxygens (including phenoxy) is 2. The summed E-state index contributed by atoms with van der Waals surface area (Å²) in [5, 5.41) is 10.2. The zero-order valence-corrected chi connectivity index (χ0v) is 19.7. The Kier molecular flexibility index (Phi) is 7.78. The van der Waals surface area contributed by atoms with E-state index in [1.165, 1.54) is 12.8 Å². The Balaban J connectivity index is 1.35. The fourth-order valence-electron chi connectivity index (χ4n) is 4.06. The Hall–Kier alpha value is -3.13. The number of benzene rings is 2. The largest absolute Gasteiger partial charge is 0.494 e. The summed E-state index contributed by atoms with van der Waals surface area (Å²) >= 11 is 5.39. The van der Waals surface area contributed by atoms with E-state index in [9.17, 15) is 4.79 Å². The van der Waals surface area contributed by atoms with Gasteiger partial charge in [-0.2, -0.15) is 5.10 Å². The van der Waals surface area contributed by atoms with Gasteiger partial charge in [0.25, 0.3) is 0 Å². The molecule has 0 radical (unpaired) electrons. The van der Waals surface area contributed by atoms with Crippen molar-refractivity contribution in [1.82, 2.24) is 20.1 Å². The van der Waals surface area contributed by atoms with Gasteiger partial charge in [-0.1, -0.05) is 18.2 Å². The number of nitrogens with one attached hydrogen (secondary N) is 2. The van der Waals surface area contributed by atoms with E-state index in [4.69, 9.17) is 21.7 Å². The quantitative estimate of drug-likeness (QED) is 0.410. The molecule has 0 atom stereocenters. The fraction of sp³-hybridized carbons (Fsp3) is 0.400. The van der Waals surface area contributed by atoms with Crippen LogP contribution in [0.1, 0.15) is 44.6 Å². The van der Waals surface area contributed by atoms with Crippen molar-refractivity contribution in [3.63, 3.8) is 0 Å². The van der Waals surface area contributed by atoms with E-state index < -0.39 is 0 Å². The second-order valence-electron chi connectivity index (χ2n) is 8.12. The first-order valence-corrected chi connectivity index (χ1v) is 11.9. The molecule has 1 aliphatic carbocycles. The predicted octanol–water partition coefficient (Wildman–Crippen LogP) is 5.03. The topological polar surface area (TPSA) is 81.2 Å². The molecular weight excluding hydrogens is 436 g/mol. The van der Waals surface area contributed by atoms with Gasteiger partial charge in [0, 0.05) is 30.6 Å². The number of hydrogen-bond donors (Lipinski definition) is 2. The lowest BCUT2D eigenvalue weighted by atomic mass is 10.2. The highest BCUT2D eigenvalue weighted by molar-refractivity contribution is 7.71. The van der Waals surface area contributed by atoms with Crippen molar-refractivity contribution in [2.75, 3.05) is 6.61 Å². The molecule has 174 valence electrons. The first kappa shape index (κ1) is 23.0. The maximum Gasteiger partial charge on any atom is 0.222 e. The van der Waals surface area contributed by atoms with Gasteiger partial charge in [0.05, 0.1) is 12.7 Å². The van der Waals surface area contributed by atoms with E-state index in [1.54, 1.807) is 0 Å². The van der Waals surface area contributed by atoms with E-state index in [2.05, 4.69) is 15.5 Å². The smallest absolute Gasteiger partial charge is 0.222 e. The van der Waals surface area contributed by atoms with Crippen LogP contribution < -0.4 is 14.8 Å². The van der Waals surface area contributed by atoms with Crippen molar-refractivity contribution in [3.05, 3.63) is 58.9 Å². The standard InChI is InChI=1S/C25H30N4O3S/c1-2-31-20-13-11-18(12-14-20)24-27-28-25(33)29(24)16-15-23(30)26-17-19-7-3-6-10-22(19)32-21-8-4-5-9-21/h3,6-7,10-14,21H,2,4-5,8-9,15-17H2,1H3,(H,26,30)(H,28,33). The lowest BCUT2D eigenvalue weighted by Gasteiger charge is -2.17. The van der Waals surface area contributed by atoms with E-state index in [-0.39, 0.29) is 12.0 Å². The SMILES string of the molecule is CCOc1ccc(-c2n[nH]c(=S)n2CCC(=O)NCc2ccccc2OC2CCCC2)cc1. The Bertz CT molecular complexity index is 1120. The number of nitrogens with zero attached hydrogens (tertiary/aromatic N) is 2. The highest BCUT2D eigenvalue weighted by Gasteiger charge is 2.18. The van der Waals surface area contributed by atoms with Crippen LogP contribution in [0.5, 0.6) is 11.5 Å². The average Bonchev–Trinajstić information content (AvgIpc) is 3.47. The van der Waals surface area contributed by atoms with Crippen LogP contribution >= 0.6 is 12.2 Å². The minimum atomic E-state index is -0.0496. The molecule has 0 spiro atoms. The molecule has 1 aromatic heterocycles. The van der Waals surface area contributed by atoms with Gasteiger partial charge >= 0.3 is 0 Å². The van der Waals surface area contributed by atoms with Crippen LogP contribution in [-0.4, -0.2) is 33.4 Å². The third kappa shape index (κ3) is 6.01. The molecule has 1 saturated carbocycles. The first-order valence-electron chi connectivity index (χ1n) is 11.5. The van der Waals surface area contributed by atoms with Crippen molar-refractivity contribution in [2.45, 2.75) is 58.2 Å². The summed E-state index contributed by atoms with van der Waals surface area (Å²) in [4.78, 5) is 12.6. The molecule has 1 aliphatic rings. The van der Waals surface area contributed by atoms with Crippen LogP contribution in [0.3, 0.4) is 0 Å². The maximum absolute atomic E-state index is 12.6. The van der Waals surface area contributed by atoms with Crippen LogP contribution in [0, 0.1) is 4.77 Å². The summed E-state index contributed by atoms with van der Waals surface area (Å²) < 4.78 is 14.0. The molecule has 0 saturated heterocycles. The van der Waals surface area contributed by atoms with E-state index in [1.807, 2.05) is 60.0 Å². The van der Waals surface area contributed by atoms with Crippen molar-refractivity contribution in [3.8, 4) is 22.9 Å². The summed E-state index contributed by atoms with van der Waals surface area (Å²) in [5.74, 6) is 2.32. The highest BCUT2D eigenvalue weighted by atomic mass is 32.1. The number of rotatable bonds is 10. The number of amides is 1. The van der Waals surface area contributed by atoms with Crippen molar-refractivity contribution >= 4 is 18.1 Å². The van der Waals surface area contributed by atoms with Gasteiger partial charge in [-0.25, -0.2) is 0 Å². The first-order chi connectivity index (χ1) is 16.1. The molecule has 8 heteroatoms. The van der Waals surface area contributed by atoms with Crippen LogP contribution in [0.2, 0.25) is 0 Å². The van der Waals surface area contributed by atoms with Gasteiger partial charge in [-0.3, -0.25) is 14.5 Å². The van der Waals surface area contributed by atoms with Crippen molar-refractivity contribution in [1.29, 1.82) is 0 Å². The summed E-state index contributed by atoms with van der Waals surface area (Å²) in [6.07, 6.45) is 5.22. The van der Waals surface area contributed by atoms with Gasteiger partial charge in [-0.15, -0.1) is 0 Å². The summed E-state index contributed by atoms with van der Waals surface area (Å²) in [7, 11) is 0. The molecule has 2 N–H and O–H groups in total. The summed E-state index contributed by atoms with van der Waals surface area (Å²) in [6.45, 7) is 3.43. The maximum atomic E-state index is 12.6. The average molecular weight is 467 g/mol. The Morgan fingerprint density at radius 2 is 1.94 bits per heavy atom. The lowest BCUT2D eigenvalue weighted by molar-refractivity contribution is -0.121. The molecule has 3 aromatic rings. The zero-order chi connectivity index (χ0) is 23.0. The Morgan fingerprint density at radius 3 is 2.70 bits per heavy atom. The molecule has 0 aliphatic heterocycles. The number of hydrogen-bond acceptors (Lipinski definition) is 5. The molecular formula is C25H30N4O3S. The van der Waals surface area contributed by atoms with E-state index in [0.717, 1.165) is 35.5 Å². The summed E-state index contributed by atoms with van der Waals surface area (Å²) in [5.41, 5.74) is 1.90. The molecule has 1 fully saturated rings. The predicted molar refractivity (Wildman–Crippen MR) is 130 cm³/mol. The molecule has 1 heterocycles. The summed E-state index contributed by atoms with van der Waals surface area (Å²) in [6, 6.07) is 15.6. The molecule has 0 bridgehead atoms. The molecule has 7 nitrogen and oxygen atoms in total. The number of aromatic amines is 1. The molecule has 4 rings (SSSR count). The number of carbonyl (C=O) groups is 1. The normalized spacial score (nSPS) is 13.7. The number of aromatic nitrogens is 3. The van der Waals surface area contributed by atoms with E-state index in [0.29, 0.717) is 36.7 Å². The van der Waals surface area contributed by atoms with Gasteiger partial charge in [0.1, 0.15) is 11.5 Å². The Labute approximate surface area is 199 Å².